The fraction of sp³-hybridized carbons (Fsp3) is 0.935. The molecule has 0 saturated heterocycles. The fourth-order valence-electron chi connectivity index (χ4n) is 9.98. The maximum atomic E-state index is 5.56. The van der Waals surface area contributed by atoms with E-state index < -0.39 is 0 Å². The zero-order valence-corrected chi connectivity index (χ0v) is 23.0. The first-order valence-electron chi connectivity index (χ1n) is 15.4. The molecule has 0 amide bonds. The standard InChI is InChI=1S/C29H46N2O.C2H6/c1-4-19-18-22-24-14-13-21(8-7-10-26-30-27(31-32-26)20-11-12-20)28(24,2)17-15-25(22)29(3)16-6-5-9-23(19)29;1-2/h19-25H,4-18H2,1-3H3;1-2H3/t19-,21?,22?,23?,24?,25-,28?,29?;/m0./s1. The molecule has 3 nitrogen and oxygen atoms in total. The molecule has 3 heteroatoms. The monoisotopic (exact) mass is 468 g/mol. The molecular formula is C31H52N2O. The van der Waals surface area contributed by atoms with Crippen molar-refractivity contribution in [1.82, 2.24) is 10.1 Å². The Morgan fingerprint density at radius 3 is 2.44 bits per heavy atom. The summed E-state index contributed by atoms with van der Waals surface area (Å²) in [6.07, 6.45) is 21.1. The summed E-state index contributed by atoms with van der Waals surface area (Å²) in [5.74, 6) is 8.44. The molecule has 0 N–H and O–H groups in total. The van der Waals surface area contributed by atoms with Gasteiger partial charge in [-0.3, -0.25) is 0 Å². The van der Waals surface area contributed by atoms with E-state index in [-0.39, 0.29) is 0 Å². The first kappa shape index (κ1) is 24.8. The Balaban J connectivity index is 0.00000117. The number of aromatic nitrogens is 2. The van der Waals surface area contributed by atoms with Gasteiger partial charge in [0, 0.05) is 12.3 Å². The SMILES string of the molecule is CC.CC[C@H]1CC2C3CCC(CCCc4nc(C5CC5)no4)C3(C)CC[C@@H]2C2(C)CCCCC12. The summed E-state index contributed by atoms with van der Waals surface area (Å²) < 4.78 is 5.56. The first-order valence-corrected chi connectivity index (χ1v) is 15.4. The van der Waals surface area contributed by atoms with E-state index in [4.69, 9.17) is 4.52 Å². The molecule has 1 heterocycles. The van der Waals surface area contributed by atoms with Gasteiger partial charge in [-0.05, 0) is 117 Å². The lowest BCUT2D eigenvalue weighted by atomic mass is 9.42. The lowest BCUT2D eigenvalue weighted by Gasteiger charge is -2.62. The molecule has 6 rings (SSSR count). The van der Waals surface area contributed by atoms with Crippen LogP contribution in [0.15, 0.2) is 4.52 Å². The topological polar surface area (TPSA) is 38.9 Å². The van der Waals surface area contributed by atoms with E-state index in [9.17, 15) is 0 Å². The summed E-state index contributed by atoms with van der Waals surface area (Å²) in [4.78, 5) is 4.68. The molecular weight excluding hydrogens is 416 g/mol. The smallest absolute Gasteiger partial charge is 0.226 e. The van der Waals surface area contributed by atoms with Gasteiger partial charge in [-0.1, -0.05) is 59.0 Å². The molecule has 5 saturated carbocycles. The minimum Gasteiger partial charge on any atom is -0.339 e. The Morgan fingerprint density at radius 2 is 1.68 bits per heavy atom. The summed E-state index contributed by atoms with van der Waals surface area (Å²) in [5.41, 5.74) is 1.24. The van der Waals surface area contributed by atoms with Crippen LogP contribution in [0.3, 0.4) is 0 Å². The zero-order valence-electron chi connectivity index (χ0n) is 23.0. The minimum absolute atomic E-state index is 0.589. The third-order valence-electron chi connectivity index (χ3n) is 11.8. The number of hydrogen-bond acceptors (Lipinski definition) is 3. The Bertz CT molecular complexity index is 814. The second-order valence-corrected chi connectivity index (χ2v) is 13.2. The molecule has 0 radical (unpaired) electrons. The largest absolute Gasteiger partial charge is 0.339 e. The number of aryl methyl sites for hydroxylation is 1. The van der Waals surface area contributed by atoms with Gasteiger partial charge >= 0.3 is 0 Å². The predicted octanol–water partition coefficient (Wildman–Crippen LogP) is 8.98. The van der Waals surface area contributed by atoms with Gasteiger partial charge in [0.2, 0.25) is 5.89 Å². The fourth-order valence-corrected chi connectivity index (χ4v) is 9.98. The number of fused-ring (bicyclic) bond motifs is 5. The van der Waals surface area contributed by atoms with Gasteiger partial charge in [-0.2, -0.15) is 4.98 Å². The zero-order chi connectivity index (χ0) is 23.9. The molecule has 0 aromatic carbocycles. The summed E-state index contributed by atoms with van der Waals surface area (Å²) >= 11 is 0. The van der Waals surface area contributed by atoms with Gasteiger partial charge in [0.15, 0.2) is 5.82 Å². The molecule has 8 atom stereocenters. The van der Waals surface area contributed by atoms with E-state index in [1.165, 1.54) is 83.5 Å². The number of hydrogen-bond donors (Lipinski definition) is 0. The van der Waals surface area contributed by atoms with Crippen molar-refractivity contribution in [2.45, 2.75) is 137 Å². The highest BCUT2D eigenvalue weighted by Crippen LogP contribution is 2.69. The molecule has 0 spiro atoms. The van der Waals surface area contributed by atoms with Crippen LogP contribution in [0, 0.1) is 46.3 Å². The highest BCUT2D eigenvalue weighted by atomic mass is 16.5. The predicted molar refractivity (Wildman–Crippen MR) is 140 cm³/mol. The van der Waals surface area contributed by atoms with E-state index in [0.717, 1.165) is 53.6 Å². The summed E-state index contributed by atoms with van der Waals surface area (Å²) in [7, 11) is 0. The van der Waals surface area contributed by atoms with Crippen molar-refractivity contribution < 1.29 is 4.52 Å². The van der Waals surface area contributed by atoms with Crippen LogP contribution in [0.1, 0.15) is 142 Å². The van der Waals surface area contributed by atoms with Gasteiger partial charge in [0.1, 0.15) is 0 Å². The van der Waals surface area contributed by atoms with Crippen LogP contribution in [-0.2, 0) is 6.42 Å². The maximum Gasteiger partial charge on any atom is 0.226 e. The second kappa shape index (κ2) is 9.89. The molecule has 0 aliphatic heterocycles. The van der Waals surface area contributed by atoms with Gasteiger partial charge in [0.05, 0.1) is 0 Å². The highest BCUT2D eigenvalue weighted by molar-refractivity contribution is 5.10. The first-order chi connectivity index (χ1) is 16.5. The minimum atomic E-state index is 0.589. The molecule has 34 heavy (non-hydrogen) atoms. The van der Waals surface area contributed by atoms with Crippen molar-refractivity contribution in [2.75, 3.05) is 0 Å². The van der Waals surface area contributed by atoms with Crippen molar-refractivity contribution >= 4 is 0 Å². The molecule has 6 unspecified atom stereocenters. The van der Waals surface area contributed by atoms with Gasteiger partial charge in [-0.25, -0.2) is 0 Å². The van der Waals surface area contributed by atoms with Crippen LogP contribution in [0.2, 0.25) is 0 Å². The lowest BCUT2D eigenvalue weighted by molar-refractivity contribution is -0.135. The summed E-state index contributed by atoms with van der Waals surface area (Å²) in [5, 5.41) is 4.22. The van der Waals surface area contributed by atoms with Gasteiger partial charge < -0.3 is 4.52 Å². The Labute approximate surface area is 209 Å². The lowest BCUT2D eigenvalue weighted by Crippen LogP contribution is -2.55. The molecule has 5 aliphatic carbocycles. The van der Waals surface area contributed by atoms with Crippen molar-refractivity contribution in [3.05, 3.63) is 11.7 Å². The van der Waals surface area contributed by atoms with Gasteiger partial charge in [0.25, 0.3) is 0 Å². The highest BCUT2D eigenvalue weighted by Gasteiger charge is 2.60. The Kier molecular flexibility index (Phi) is 7.22. The van der Waals surface area contributed by atoms with Crippen LogP contribution >= 0.6 is 0 Å². The van der Waals surface area contributed by atoms with Crippen molar-refractivity contribution in [3.8, 4) is 0 Å². The quantitative estimate of drug-likeness (QED) is 0.418. The Hall–Kier alpha value is -0.860. The van der Waals surface area contributed by atoms with Gasteiger partial charge in [-0.15, -0.1) is 0 Å². The average Bonchev–Trinajstić information content (AvgIpc) is 3.50. The van der Waals surface area contributed by atoms with E-state index in [0.29, 0.717) is 16.7 Å². The summed E-state index contributed by atoms with van der Waals surface area (Å²) in [6.45, 7) is 11.9. The molecule has 5 fully saturated rings. The average molecular weight is 469 g/mol. The third-order valence-corrected chi connectivity index (χ3v) is 11.8. The van der Waals surface area contributed by atoms with E-state index >= 15 is 0 Å². The van der Waals surface area contributed by atoms with E-state index in [1.807, 2.05) is 13.8 Å². The van der Waals surface area contributed by atoms with Crippen molar-refractivity contribution in [2.24, 2.45) is 46.3 Å². The molecule has 1 aromatic heterocycles. The van der Waals surface area contributed by atoms with Crippen LogP contribution < -0.4 is 0 Å². The van der Waals surface area contributed by atoms with Crippen LogP contribution in [0.5, 0.6) is 0 Å². The Morgan fingerprint density at radius 1 is 0.882 bits per heavy atom. The molecule has 5 aliphatic rings. The molecule has 192 valence electrons. The molecule has 1 aromatic rings. The summed E-state index contributed by atoms with van der Waals surface area (Å²) in [6, 6.07) is 0. The van der Waals surface area contributed by atoms with E-state index in [2.05, 4.69) is 30.9 Å². The maximum absolute atomic E-state index is 5.56. The van der Waals surface area contributed by atoms with E-state index in [1.54, 1.807) is 6.42 Å². The third kappa shape index (κ3) is 4.19. The second-order valence-electron chi connectivity index (χ2n) is 13.2. The molecule has 0 bridgehead atoms. The normalized spacial score (nSPS) is 43.3. The number of rotatable bonds is 6. The van der Waals surface area contributed by atoms with Crippen LogP contribution in [0.4, 0.5) is 0 Å². The number of nitrogens with zero attached hydrogens (tertiary/aromatic N) is 2. The van der Waals surface area contributed by atoms with Crippen molar-refractivity contribution in [1.29, 1.82) is 0 Å². The van der Waals surface area contributed by atoms with Crippen LogP contribution in [0.25, 0.3) is 0 Å². The van der Waals surface area contributed by atoms with Crippen molar-refractivity contribution in [3.63, 3.8) is 0 Å². The van der Waals surface area contributed by atoms with Crippen LogP contribution in [-0.4, -0.2) is 10.1 Å².